The van der Waals surface area contributed by atoms with Gasteiger partial charge in [-0.3, -0.25) is 14.8 Å². The number of nitrogens with one attached hydrogen (secondary N) is 2. The summed E-state index contributed by atoms with van der Waals surface area (Å²) in [6.45, 7) is 12.3. The Labute approximate surface area is 193 Å². The Morgan fingerprint density at radius 1 is 1.24 bits per heavy atom. The topological polar surface area (TPSA) is 52.1 Å². The van der Waals surface area contributed by atoms with Crippen LogP contribution < -0.4 is 10.6 Å². The number of guanidine groups is 1. The number of morpholine rings is 1. The molecule has 2 fully saturated rings. The number of likely N-dealkylation sites (tertiary alicyclic amines) is 1. The molecule has 3 rings (SSSR count). The van der Waals surface area contributed by atoms with E-state index in [-0.39, 0.29) is 24.0 Å². The first-order chi connectivity index (χ1) is 13.7. The average molecular weight is 515 g/mol. The Bertz CT molecular complexity index is 641. The number of ether oxygens (including phenoxy) is 1. The Hall–Kier alpha value is -0.900. The first kappa shape index (κ1) is 24.4. The third kappa shape index (κ3) is 7.70. The predicted octanol–water partition coefficient (Wildman–Crippen LogP) is 2.67. The van der Waals surface area contributed by atoms with E-state index in [9.17, 15) is 0 Å². The summed E-state index contributed by atoms with van der Waals surface area (Å²) in [7, 11) is 1.84. The molecule has 0 aliphatic carbocycles. The van der Waals surface area contributed by atoms with E-state index in [1.807, 2.05) is 7.05 Å². The number of nitrogens with zero attached hydrogens (tertiary/aromatic N) is 3. The van der Waals surface area contributed by atoms with Gasteiger partial charge in [-0.2, -0.15) is 0 Å². The van der Waals surface area contributed by atoms with E-state index in [1.54, 1.807) is 0 Å². The number of likely N-dealkylation sites (N-methyl/N-ethyl adjacent to an activating group) is 1. The summed E-state index contributed by atoms with van der Waals surface area (Å²) in [4.78, 5) is 9.42. The maximum atomic E-state index is 5.65. The SMILES string of the molecule is CCN1CCCC1CNC(=NC)NCc1cccc(CN2CCOC(C)C2)c1.I. The van der Waals surface area contributed by atoms with Crippen LogP contribution in [0.3, 0.4) is 0 Å². The summed E-state index contributed by atoms with van der Waals surface area (Å²) in [5.74, 6) is 0.885. The van der Waals surface area contributed by atoms with Crippen LogP contribution in [0, 0.1) is 0 Å². The van der Waals surface area contributed by atoms with Gasteiger partial charge in [-0.15, -0.1) is 24.0 Å². The molecule has 2 aliphatic rings. The van der Waals surface area contributed by atoms with E-state index in [2.05, 4.69) is 63.5 Å². The lowest BCUT2D eigenvalue weighted by atomic mass is 10.1. The van der Waals surface area contributed by atoms with E-state index in [1.165, 1.54) is 30.5 Å². The van der Waals surface area contributed by atoms with Crippen LogP contribution in [0.4, 0.5) is 0 Å². The highest BCUT2D eigenvalue weighted by molar-refractivity contribution is 14.0. The molecular formula is C22H38IN5O. The number of benzene rings is 1. The van der Waals surface area contributed by atoms with Crippen molar-refractivity contribution >= 4 is 29.9 Å². The normalized spacial score (nSPS) is 23.6. The standard InChI is InChI=1S/C22H37N5O.HI/c1-4-27-10-6-9-21(27)15-25-22(23-3)24-14-19-7-5-8-20(13-19)17-26-11-12-28-18(2)16-26;/h5,7-8,13,18,21H,4,6,9-12,14-17H2,1-3H3,(H2,23,24,25);1H. The van der Waals surface area contributed by atoms with Crippen molar-refractivity contribution < 1.29 is 4.74 Å². The van der Waals surface area contributed by atoms with Gasteiger partial charge in [0.25, 0.3) is 0 Å². The molecule has 0 aromatic heterocycles. The molecule has 7 heteroatoms. The van der Waals surface area contributed by atoms with Crippen molar-refractivity contribution in [3.63, 3.8) is 0 Å². The molecule has 0 radical (unpaired) electrons. The third-order valence-corrected chi connectivity index (χ3v) is 5.82. The van der Waals surface area contributed by atoms with Crippen LogP contribution in [0.5, 0.6) is 0 Å². The van der Waals surface area contributed by atoms with Gasteiger partial charge in [0.15, 0.2) is 5.96 Å². The van der Waals surface area contributed by atoms with Gasteiger partial charge in [0, 0.05) is 45.8 Å². The average Bonchev–Trinajstić information content (AvgIpc) is 3.16. The minimum atomic E-state index is 0. The highest BCUT2D eigenvalue weighted by atomic mass is 127. The molecule has 164 valence electrons. The predicted molar refractivity (Wildman–Crippen MR) is 131 cm³/mol. The van der Waals surface area contributed by atoms with Crippen molar-refractivity contribution in [2.75, 3.05) is 46.4 Å². The fourth-order valence-corrected chi connectivity index (χ4v) is 4.29. The van der Waals surface area contributed by atoms with Gasteiger partial charge < -0.3 is 15.4 Å². The lowest BCUT2D eigenvalue weighted by Gasteiger charge is -2.31. The lowest BCUT2D eigenvalue weighted by molar-refractivity contribution is -0.0212. The highest BCUT2D eigenvalue weighted by Gasteiger charge is 2.22. The van der Waals surface area contributed by atoms with E-state index >= 15 is 0 Å². The van der Waals surface area contributed by atoms with Gasteiger partial charge in [0.05, 0.1) is 12.7 Å². The number of hydrogen-bond donors (Lipinski definition) is 2. The van der Waals surface area contributed by atoms with E-state index < -0.39 is 0 Å². The molecule has 6 nitrogen and oxygen atoms in total. The second-order valence-electron chi connectivity index (χ2n) is 7.97. The first-order valence-corrected chi connectivity index (χ1v) is 10.8. The molecule has 0 saturated carbocycles. The monoisotopic (exact) mass is 515 g/mol. The van der Waals surface area contributed by atoms with Crippen LogP contribution in [0.1, 0.15) is 37.8 Å². The molecule has 2 aliphatic heterocycles. The van der Waals surface area contributed by atoms with Crippen LogP contribution in [-0.2, 0) is 17.8 Å². The summed E-state index contributed by atoms with van der Waals surface area (Å²) in [6.07, 6.45) is 2.91. The molecule has 0 amide bonds. The molecule has 0 bridgehead atoms. The Morgan fingerprint density at radius 2 is 2.07 bits per heavy atom. The zero-order valence-electron chi connectivity index (χ0n) is 18.2. The summed E-state index contributed by atoms with van der Waals surface area (Å²) < 4.78 is 5.65. The number of hydrogen-bond acceptors (Lipinski definition) is 4. The summed E-state index contributed by atoms with van der Waals surface area (Å²) in [5.41, 5.74) is 2.65. The number of halogens is 1. The fourth-order valence-electron chi connectivity index (χ4n) is 4.29. The highest BCUT2D eigenvalue weighted by Crippen LogP contribution is 2.15. The molecule has 29 heavy (non-hydrogen) atoms. The molecule has 1 aromatic carbocycles. The molecule has 2 atom stereocenters. The zero-order valence-corrected chi connectivity index (χ0v) is 20.5. The van der Waals surface area contributed by atoms with E-state index in [4.69, 9.17) is 4.74 Å². The van der Waals surface area contributed by atoms with Gasteiger partial charge in [0.2, 0.25) is 0 Å². The first-order valence-electron chi connectivity index (χ1n) is 10.8. The van der Waals surface area contributed by atoms with Crippen molar-refractivity contribution in [2.45, 2.75) is 51.9 Å². The Kier molecular flexibility index (Phi) is 10.7. The summed E-state index contributed by atoms with van der Waals surface area (Å²) in [5, 5.41) is 6.97. The molecule has 2 heterocycles. The lowest BCUT2D eigenvalue weighted by Crippen LogP contribution is -2.44. The molecule has 0 spiro atoms. The van der Waals surface area contributed by atoms with Gasteiger partial charge in [0.1, 0.15) is 0 Å². The van der Waals surface area contributed by atoms with Crippen LogP contribution >= 0.6 is 24.0 Å². The number of aliphatic imine (C=N–C) groups is 1. The van der Waals surface area contributed by atoms with Gasteiger partial charge >= 0.3 is 0 Å². The summed E-state index contributed by atoms with van der Waals surface area (Å²) >= 11 is 0. The van der Waals surface area contributed by atoms with Crippen LogP contribution in [0.2, 0.25) is 0 Å². The maximum absolute atomic E-state index is 5.65. The van der Waals surface area contributed by atoms with Gasteiger partial charge in [-0.05, 0) is 44.0 Å². The number of rotatable bonds is 7. The van der Waals surface area contributed by atoms with Crippen molar-refractivity contribution in [3.8, 4) is 0 Å². The Morgan fingerprint density at radius 3 is 2.83 bits per heavy atom. The maximum Gasteiger partial charge on any atom is 0.191 e. The third-order valence-electron chi connectivity index (χ3n) is 5.82. The molecule has 2 unspecified atom stereocenters. The molecule has 2 N–H and O–H groups in total. The van der Waals surface area contributed by atoms with Crippen LogP contribution in [0.25, 0.3) is 0 Å². The van der Waals surface area contributed by atoms with Crippen molar-refractivity contribution in [2.24, 2.45) is 4.99 Å². The van der Waals surface area contributed by atoms with Crippen LogP contribution in [-0.4, -0.2) is 74.3 Å². The van der Waals surface area contributed by atoms with Crippen molar-refractivity contribution in [1.82, 2.24) is 20.4 Å². The van der Waals surface area contributed by atoms with Gasteiger partial charge in [-0.1, -0.05) is 31.2 Å². The van der Waals surface area contributed by atoms with E-state index in [0.717, 1.165) is 51.8 Å². The zero-order chi connectivity index (χ0) is 19.8. The second kappa shape index (κ2) is 12.7. The largest absolute Gasteiger partial charge is 0.376 e. The fraction of sp³-hybridized carbons (Fsp3) is 0.682. The minimum Gasteiger partial charge on any atom is -0.376 e. The molecule has 1 aromatic rings. The van der Waals surface area contributed by atoms with Gasteiger partial charge in [-0.25, -0.2) is 0 Å². The van der Waals surface area contributed by atoms with Crippen molar-refractivity contribution in [3.05, 3.63) is 35.4 Å². The molecule has 2 saturated heterocycles. The Balaban J connectivity index is 0.00000300. The van der Waals surface area contributed by atoms with E-state index in [0.29, 0.717) is 12.1 Å². The smallest absolute Gasteiger partial charge is 0.191 e. The summed E-state index contributed by atoms with van der Waals surface area (Å²) in [6, 6.07) is 9.49. The minimum absolute atomic E-state index is 0. The quantitative estimate of drug-likeness (QED) is 0.333. The van der Waals surface area contributed by atoms with Crippen LogP contribution in [0.15, 0.2) is 29.3 Å². The van der Waals surface area contributed by atoms with Crippen molar-refractivity contribution in [1.29, 1.82) is 0 Å². The second-order valence-corrected chi connectivity index (χ2v) is 7.97. The molecular weight excluding hydrogens is 477 g/mol.